The van der Waals surface area contributed by atoms with E-state index in [1.807, 2.05) is 0 Å². The van der Waals surface area contributed by atoms with E-state index in [1.165, 1.54) is 25.1 Å². The molecule has 0 heterocycles. The standard InChI is InChI=1S/C28H34N2O10/c1-16(2)25(32)37-18(5)38-28(35)30-21(27(34)36-17(3)4)13-19-11-12-22(23(14-19)39-24(31)15-29)40-26(33)20-9-7-6-8-10-20/h6-12,14,16-18,21H,13,15,29H2,1-5H3,(H,30,35)/t18?,21-/m0/s1. The quantitative estimate of drug-likeness (QED) is 0.223. The number of esters is 4. The van der Waals surface area contributed by atoms with E-state index in [4.69, 9.17) is 29.4 Å². The molecule has 2 aromatic carbocycles. The number of benzene rings is 2. The van der Waals surface area contributed by atoms with Crippen LogP contribution in [0.3, 0.4) is 0 Å². The minimum Gasteiger partial charge on any atom is -0.461 e. The van der Waals surface area contributed by atoms with Crippen LogP contribution in [0.1, 0.15) is 50.5 Å². The Kier molecular flexibility index (Phi) is 12.1. The van der Waals surface area contributed by atoms with Gasteiger partial charge in [0.1, 0.15) is 6.04 Å². The first kappa shape index (κ1) is 31.8. The number of carbonyl (C=O) groups is 5. The summed E-state index contributed by atoms with van der Waals surface area (Å²) >= 11 is 0. The van der Waals surface area contributed by atoms with Gasteiger partial charge in [-0.25, -0.2) is 14.4 Å². The predicted octanol–water partition coefficient (Wildman–Crippen LogP) is 2.90. The maximum atomic E-state index is 12.8. The first-order chi connectivity index (χ1) is 18.9. The number of hydrogen-bond acceptors (Lipinski definition) is 11. The topological polar surface area (TPSA) is 170 Å². The molecule has 0 spiro atoms. The summed E-state index contributed by atoms with van der Waals surface area (Å²) in [7, 11) is 0. The van der Waals surface area contributed by atoms with Crippen molar-refractivity contribution in [3.63, 3.8) is 0 Å². The lowest BCUT2D eigenvalue weighted by atomic mass is 10.1. The lowest BCUT2D eigenvalue weighted by molar-refractivity contribution is -0.169. The fourth-order valence-electron chi connectivity index (χ4n) is 3.14. The highest BCUT2D eigenvalue weighted by atomic mass is 16.7. The summed E-state index contributed by atoms with van der Waals surface area (Å²) in [5.74, 6) is -3.42. The van der Waals surface area contributed by atoms with E-state index >= 15 is 0 Å². The maximum absolute atomic E-state index is 12.8. The molecular weight excluding hydrogens is 524 g/mol. The molecule has 0 aromatic heterocycles. The van der Waals surface area contributed by atoms with Gasteiger partial charge in [-0.3, -0.25) is 9.59 Å². The van der Waals surface area contributed by atoms with Gasteiger partial charge in [0, 0.05) is 13.3 Å². The van der Waals surface area contributed by atoms with Gasteiger partial charge in [-0.05, 0) is 43.7 Å². The molecule has 0 saturated heterocycles. The van der Waals surface area contributed by atoms with Crippen molar-refractivity contribution in [2.75, 3.05) is 6.54 Å². The third kappa shape index (κ3) is 10.4. The first-order valence-electron chi connectivity index (χ1n) is 12.6. The highest BCUT2D eigenvalue weighted by Crippen LogP contribution is 2.30. The Bertz CT molecular complexity index is 1200. The highest BCUT2D eigenvalue weighted by molar-refractivity contribution is 5.91. The van der Waals surface area contributed by atoms with E-state index in [-0.39, 0.29) is 23.5 Å². The molecule has 3 N–H and O–H groups in total. The van der Waals surface area contributed by atoms with Gasteiger partial charge in [0.2, 0.25) is 6.29 Å². The zero-order valence-electron chi connectivity index (χ0n) is 23.0. The van der Waals surface area contributed by atoms with Gasteiger partial charge in [0.25, 0.3) is 0 Å². The van der Waals surface area contributed by atoms with Crippen molar-refractivity contribution in [1.29, 1.82) is 0 Å². The molecule has 0 aliphatic heterocycles. The van der Waals surface area contributed by atoms with Gasteiger partial charge >= 0.3 is 30.0 Å². The Morgan fingerprint density at radius 1 is 0.800 bits per heavy atom. The lowest BCUT2D eigenvalue weighted by Gasteiger charge is -2.21. The summed E-state index contributed by atoms with van der Waals surface area (Å²) in [5.41, 5.74) is 6.05. The predicted molar refractivity (Wildman–Crippen MR) is 141 cm³/mol. The van der Waals surface area contributed by atoms with Crippen LogP contribution in [-0.4, -0.2) is 55.0 Å². The van der Waals surface area contributed by atoms with Crippen molar-refractivity contribution in [1.82, 2.24) is 5.32 Å². The Morgan fingerprint density at radius 3 is 2.08 bits per heavy atom. The molecule has 0 aliphatic carbocycles. The van der Waals surface area contributed by atoms with Gasteiger partial charge < -0.3 is 34.7 Å². The van der Waals surface area contributed by atoms with E-state index in [1.54, 1.807) is 58.0 Å². The molecule has 40 heavy (non-hydrogen) atoms. The van der Waals surface area contributed by atoms with Crippen LogP contribution in [0.25, 0.3) is 0 Å². The number of nitrogens with one attached hydrogen (secondary N) is 1. The second kappa shape index (κ2) is 15.2. The molecule has 2 rings (SSSR count). The van der Waals surface area contributed by atoms with Gasteiger partial charge in [-0.15, -0.1) is 0 Å². The van der Waals surface area contributed by atoms with E-state index < -0.39 is 60.9 Å². The molecular formula is C28H34N2O10. The summed E-state index contributed by atoms with van der Waals surface area (Å²) in [4.78, 5) is 61.5. The van der Waals surface area contributed by atoms with Crippen LogP contribution in [0.2, 0.25) is 0 Å². The Balaban J connectivity index is 2.26. The molecule has 2 atom stereocenters. The van der Waals surface area contributed by atoms with E-state index in [0.717, 1.165) is 0 Å². The minimum absolute atomic E-state index is 0.0612. The number of alkyl carbamates (subject to hydrolysis) is 1. The number of amides is 1. The van der Waals surface area contributed by atoms with Crippen molar-refractivity contribution < 1.29 is 47.7 Å². The normalized spacial score (nSPS) is 12.2. The summed E-state index contributed by atoms with van der Waals surface area (Å²) in [5, 5.41) is 2.40. The molecule has 1 amide bonds. The second-order valence-corrected chi connectivity index (χ2v) is 9.17. The molecule has 12 heteroatoms. The van der Waals surface area contributed by atoms with Crippen molar-refractivity contribution >= 4 is 30.0 Å². The van der Waals surface area contributed by atoms with Crippen LogP contribution in [0.5, 0.6) is 11.5 Å². The summed E-state index contributed by atoms with van der Waals surface area (Å²) < 4.78 is 26.0. The fraction of sp³-hybridized carbons (Fsp3) is 0.393. The number of nitrogens with two attached hydrogens (primary N) is 1. The molecule has 12 nitrogen and oxygen atoms in total. The largest absolute Gasteiger partial charge is 0.461 e. The SMILES string of the molecule is CC(C)OC(=O)[C@H](Cc1ccc(OC(=O)c2ccccc2)c(OC(=O)CN)c1)NC(=O)OC(C)OC(=O)C(C)C. The summed E-state index contributed by atoms with van der Waals surface area (Å²) in [6, 6.07) is 11.2. The Hall–Kier alpha value is -4.45. The zero-order valence-corrected chi connectivity index (χ0v) is 23.0. The lowest BCUT2D eigenvalue weighted by Crippen LogP contribution is -2.45. The second-order valence-electron chi connectivity index (χ2n) is 9.17. The molecule has 216 valence electrons. The zero-order chi connectivity index (χ0) is 29.8. The van der Waals surface area contributed by atoms with Crippen LogP contribution < -0.4 is 20.5 Å². The Morgan fingerprint density at radius 2 is 1.48 bits per heavy atom. The van der Waals surface area contributed by atoms with Crippen LogP contribution in [0.4, 0.5) is 4.79 Å². The van der Waals surface area contributed by atoms with Crippen LogP contribution in [0, 0.1) is 5.92 Å². The third-order valence-electron chi connectivity index (χ3n) is 5.01. The van der Waals surface area contributed by atoms with Crippen molar-refractivity contribution in [2.45, 2.75) is 59.5 Å². The van der Waals surface area contributed by atoms with Crippen molar-refractivity contribution in [3.8, 4) is 11.5 Å². The van der Waals surface area contributed by atoms with E-state index in [0.29, 0.717) is 5.56 Å². The fourth-order valence-corrected chi connectivity index (χ4v) is 3.14. The van der Waals surface area contributed by atoms with Crippen LogP contribution in [-0.2, 0) is 35.0 Å². The van der Waals surface area contributed by atoms with Gasteiger partial charge in [-0.1, -0.05) is 38.1 Å². The third-order valence-corrected chi connectivity index (χ3v) is 5.01. The van der Waals surface area contributed by atoms with Gasteiger partial charge in [-0.2, -0.15) is 0 Å². The molecule has 0 saturated carbocycles. The Labute approximate surface area is 232 Å². The average molecular weight is 559 g/mol. The summed E-state index contributed by atoms with van der Waals surface area (Å²) in [6.07, 6.45) is -2.85. The molecule has 1 unspecified atom stereocenters. The molecule has 0 radical (unpaired) electrons. The van der Waals surface area contributed by atoms with Crippen LogP contribution >= 0.6 is 0 Å². The molecule has 0 bridgehead atoms. The number of rotatable bonds is 12. The maximum Gasteiger partial charge on any atom is 0.410 e. The number of ether oxygens (including phenoxy) is 5. The highest BCUT2D eigenvalue weighted by Gasteiger charge is 2.27. The van der Waals surface area contributed by atoms with E-state index in [2.05, 4.69) is 5.32 Å². The molecule has 0 aliphatic rings. The van der Waals surface area contributed by atoms with E-state index in [9.17, 15) is 24.0 Å². The minimum atomic E-state index is -1.24. The monoisotopic (exact) mass is 558 g/mol. The first-order valence-corrected chi connectivity index (χ1v) is 12.6. The smallest absolute Gasteiger partial charge is 0.410 e. The number of hydrogen-bond donors (Lipinski definition) is 2. The average Bonchev–Trinajstić information content (AvgIpc) is 2.89. The van der Waals surface area contributed by atoms with Crippen LogP contribution in [0.15, 0.2) is 48.5 Å². The molecule has 2 aromatic rings. The van der Waals surface area contributed by atoms with Gasteiger partial charge in [0.05, 0.1) is 24.1 Å². The van der Waals surface area contributed by atoms with Crippen molar-refractivity contribution in [3.05, 3.63) is 59.7 Å². The van der Waals surface area contributed by atoms with Gasteiger partial charge in [0.15, 0.2) is 11.5 Å². The number of carbonyl (C=O) groups excluding carboxylic acids is 5. The molecule has 0 fully saturated rings. The van der Waals surface area contributed by atoms with Crippen molar-refractivity contribution in [2.24, 2.45) is 11.7 Å². The summed E-state index contributed by atoms with van der Waals surface area (Å²) in [6.45, 7) is 7.45.